The van der Waals surface area contributed by atoms with Gasteiger partial charge in [-0.3, -0.25) is 0 Å². The summed E-state index contributed by atoms with van der Waals surface area (Å²) in [5, 5.41) is 10.7. The third-order valence-electron chi connectivity index (χ3n) is 3.18. The van der Waals surface area contributed by atoms with Crippen LogP contribution < -0.4 is 4.72 Å². The van der Waals surface area contributed by atoms with Gasteiger partial charge in [0, 0.05) is 10.6 Å². The van der Waals surface area contributed by atoms with Crippen molar-refractivity contribution in [1.29, 1.82) is 0 Å². The highest BCUT2D eigenvalue weighted by Gasteiger charge is 2.46. The molecule has 0 saturated heterocycles. The summed E-state index contributed by atoms with van der Waals surface area (Å²) >= 11 is 7.07. The third kappa shape index (κ3) is 2.35. The van der Waals surface area contributed by atoms with Gasteiger partial charge in [0.05, 0.1) is 6.26 Å². The van der Waals surface area contributed by atoms with E-state index in [1.54, 1.807) is 37.3 Å². The van der Waals surface area contributed by atoms with Crippen LogP contribution in [0.4, 0.5) is 0 Å². The van der Waals surface area contributed by atoms with Gasteiger partial charge < -0.3 is 9.52 Å². The predicted octanol–water partition coefficient (Wildman–Crippen LogP) is 3.18. The fourth-order valence-electron chi connectivity index (χ4n) is 2.18. The minimum absolute atomic E-state index is 0.497. The number of halogens is 1. The second-order valence-corrected chi connectivity index (χ2v) is 5.80. The van der Waals surface area contributed by atoms with Crippen molar-refractivity contribution in [3.8, 4) is 0 Å². The molecule has 3 rings (SSSR count). The van der Waals surface area contributed by atoms with Crippen LogP contribution in [-0.2, 0) is 10.5 Å². The van der Waals surface area contributed by atoms with Crippen LogP contribution in [0.15, 0.2) is 46.0 Å². The molecule has 108 valence electrons. The van der Waals surface area contributed by atoms with Crippen LogP contribution in [0.2, 0.25) is 5.02 Å². The number of aryl methyl sites for hydroxylation is 1. The summed E-state index contributed by atoms with van der Waals surface area (Å²) < 4.78 is 8.16. The Labute approximate surface area is 130 Å². The lowest BCUT2D eigenvalue weighted by atomic mass is 9.96. The first-order chi connectivity index (χ1) is 10.0. The van der Waals surface area contributed by atoms with Crippen LogP contribution in [-0.4, -0.2) is 16.1 Å². The average molecular weight is 323 g/mol. The molecule has 1 aromatic heterocycles. The Morgan fingerprint density at radius 2 is 2.29 bits per heavy atom. The molecule has 1 aliphatic heterocycles. The zero-order valence-corrected chi connectivity index (χ0v) is 12.5. The van der Waals surface area contributed by atoms with Crippen molar-refractivity contribution in [2.24, 2.45) is 4.99 Å². The summed E-state index contributed by atoms with van der Waals surface area (Å²) in [4.78, 5) is 16.2. The highest BCUT2D eigenvalue weighted by molar-refractivity contribution is 8.13. The molecule has 7 heteroatoms. The highest BCUT2D eigenvalue weighted by atomic mass is 35.5. The van der Waals surface area contributed by atoms with Gasteiger partial charge in [0.1, 0.15) is 0 Å². The summed E-state index contributed by atoms with van der Waals surface area (Å²) in [5.41, 5.74) is -0.238. The van der Waals surface area contributed by atoms with E-state index in [0.29, 0.717) is 21.4 Å². The molecule has 0 saturated carbocycles. The maximum atomic E-state index is 11.8. The van der Waals surface area contributed by atoms with Crippen molar-refractivity contribution in [2.75, 3.05) is 0 Å². The van der Waals surface area contributed by atoms with Crippen LogP contribution in [0.3, 0.4) is 0 Å². The molecule has 1 atom stereocenters. The number of benzene rings is 1. The second kappa shape index (κ2) is 5.22. The second-order valence-electron chi connectivity index (χ2n) is 4.57. The predicted molar refractivity (Wildman–Crippen MR) is 81.5 cm³/mol. The summed E-state index contributed by atoms with van der Waals surface area (Å²) in [6.45, 7) is 1.80. The molecule has 5 nitrogen and oxygen atoms in total. The number of nitrogens with zero attached hydrogens (tertiary/aromatic N) is 1. The number of furan rings is 1. The largest absolute Gasteiger partial charge is 0.478 e. The minimum atomic E-state index is -1.54. The van der Waals surface area contributed by atoms with Gasteiger partial charge in [-0.25, -0.2) is 14.5 Å². The number of nitrogens with one attached hydrogen (secondary N) is 1. The molecule has 0 spiro atoms. The lowest BCUT2D eigenvalue weighted by Gasteiger charge is -2.23. The van der Waals surface area contributed by atoms with Crippen LogP contribution in [0.5, 0.6) is 0 Å². The van der Waals surface area contributed by atoms with E-state index < -0.39 is 11.6 Å². The number of aliphatic imine (C=N–C) groups is 1. The fourth-order valence-corrected chi connectivity index (χ4v) is 3.29. The molecule has 1 unspecified atom stereocenters. The molecule has 1 aliphatic rings. The number of hydrogen-bond donors (Lipinski definition) is 2. The Balaban J connectivity index is 2.12. The Hall–Kier alpha value is -1.76. The summed E-state index contributed by atoms with van der Waals surface area (Å²) in [7, 11) is 0. The quantitative estimate of drug-likeness (QED) is 0.849. The third-order valence-corrected chi connectivity index (χ3v) is 4.30. The molecular weight excluding hydrogens is 312 g/mol. The lowest BCUT2D eigenvalue weighted by molar-refractivity contribution is -0.143. The van der Waals surface area contributed by atoms with Gasteiger partial charge in [-0.05, 0) is 48.7 Å². The van der Waals surface area contributed by atoms with Crippen LogP contribution in [0, 0.1) is 6.92 Å². The van der Waals surface area contributed by atoms with Gasteiger partial charge in [0.15, 0.2) is 10.8 Å². The zero-order valence-electron chi connectivity index (χ0n) is 11.0. The average Bonchev–Trinajstić information content (AvgIpc) is 3.08. The van der Waals surface area contributed by atoms with Crippen LogP contribution in [0.25, 0.3) is 0 Å². The molecule has 2 N–H and O–H groups in total. The van der Waals surface area contributed by atoms with Crippen molar-refractivity contribution < 1.29 is 14.3 Å². The van der Waals surface area contributed by atoms with Crippen molar-refractivity contribution in [3.05, 3.63) is 58.5 Å². The van der Waals surface area contributed by atoms with Crippen molar-refractivity contribution in [1.82, 2.24) is 4.72 Å². The van der Waals surface area contributed by atoms with E-state index >= 15 is 0 Å². The van der Waals surface area contributed by atoms with Gasteiger partial charge >= 0.3 is 5.97 Å². The standard InChI is InChI=1S/C14H11ClN2O3S/c1-8-7-9(15)4-5-10(8)14(13(18)19)16-12(21-17-14)11-3-2-6-20-11/h2-7,17H,1H3,(H,18,19). The van der Waals surface area contributed by atoms with E-state index in [0.717, 1.165) is 17.5 Å². The molecule has 0 fully saturated rings. The molecule has 21 heavy (non-hydrogen) atoms. The first-order valence-electron chi connectivity index (χ1n) is 6.11. The number of hydrogen-bond acceptors (Lipinski definition) is 5. The SMILES string of the molecule is Cc1cc(Cl)ccc1C1(C(=O)O)N=C(c2ccco2)SN1. The molecule has 2 heterocycles. The van der Waals surface area contributed by atoms with Gasteiger partial charge in [0.2, 0.25) is 5.66 Å². The van der Waals surface area contributed by atoms with Gasteiger partial charge in [0.25, 0.3) is 0 Å². The van der Waals surface area contributed by atoms with Gasteiger partial charge in [-0.15, -0.1) is 0 Å². The number of rotatable bonds is 3. The highest BCUT2D eigenvalue weighted by Crippen LogP contribution is 2.36. The monoisotopic (exact) mass is 322 g/mol. The number of carboxylic acid groups (broad SMARTS) is 1. The molecular formula is C14H11ClN2O3S. The Bertz CT molecular complexity index is 730. The van der Waals surface area contributed by atoms with Crippen molar-refractivity contribution >= 4 is 34.6 Å². The molecule has 0 radical (unpaired) electrons. The van der Waals surface area contributed by atoms with E-state index in [1.165, 1.54) is 6.26 Å². The number of carbonyl (C=O) groups is 1. The molecule has 2 aromatic rings. The molecule has 0 bridgehead atoms. The van der Waals surface area contributed by atoms with E-state index in [4.69, 9.17) is 16.0 Å². The van der Waals surface area contributed by atoms with E-state index in [9.17, 15) is 9.90 Å². The minimum Gasteiger partial charge on any atom is -0.478 e. The smallest absolute Gasteiger partial charge is 0.352 e. The Kier molecular flexibility index (Phi) is 3.52. The zero-order chi connectivity index (χ0) is 15.0. The van der Waals surface area contributed by atoms with E-state index in [-0.39, 0.29) is 0 Å². The fraction of sp³-hybridized carbons (Fsp3) is 0.143. The van der Waals surface area contributed by atoms with Gasteiger partial charge in [-0.1, -0.05) is 17.7 Å². The Morgan fingerprint density at radius 1 is 1.48 bits per heavy atom. The summed E-state index contributed by atoms with van der Waals surface area (Å²) in [6, 6.07) is 8.51. The van der Waals surface area contributed by atoms with Crippen LogP contribution >= 0.6 is 23.5 Å². The Morgan fingerprint density at radius 3 is 2.90 bits per heavy atom. The number of aliphatic carboxylic acids is 1. The maximum absolute atomic E-state index is 11.8. The summed E-state index contributed by atoms with van der Waals surface area (Å²) in [5.74, 6) is -0.552. The topological polar surface area (TPSA) is 74.8 Å². The normalized spacial score (nSPS) is 21.3. The lowest BCUT2D eigenvalue weighted by Crippen LogP contribution is -2.42. The van der Waals surface area contributed by atoms with Crippen molar-refractivity contribution in [2.45, 2.75) is 12.6 Å². The van der Waals surface area contributed by atoms with Crippen LogP contribution in [0.1, 0.15) is 16.9 Å². The van der Waals surface area contributed by atoms with E-state index in [1.807, 2.05) is 0 Å². The molecule has 1 aromatic carbocycles. The first kappa shape index (κ1) is 14.2. The maximum Gasteiger partial charge on any atom is 0.352 e. The molecule has 0 amide bonds. The van der Waals surface area contributed by atoms with E-state index in [2.05, 4.69) is 9.71 Å². The first-order valence-corrected chi connectivity index (χ1v) is 7.30. The van der Waals surface area contributed by atoms with Crippen molar-refractivity contribution in [3.63, 3.8) is 0 Å². The number of carboxylic acids is 1. The molecule has 0 aliphatic carbocycles. The summed E-state index contributed by atoms with van der Waals surface area (Å²) in [6.07, 6.45) is 1.52. The van der Waals surface area contributed by atoms with Gasteiger partial charge in [-0.2, -0.15) is 0 Å².